The van der Waals surface area contributed by atoms with Crippen LogP contribution < -0.4 is 5.32 Å². The average molecular weight is 272 g/mol. The van der Waals surface area contributed by atoms with E-state index in [1.165, 1.54) is 0 Å². The lowest BCUT2D eigenvalue weighted by atomic mass is 10.1. The van der Waals surface area contributed by atoms with Gasteiger partial charge in [-0.25, -0.2) is 0 Å². The number of nitrogens with zero attached hydrogens (tertiary/aromatic N) is 2. The first kappa shape index (κ1) is 15.5. The summed E-state index contributed by atoms with van der Waals surface area (Å²) in [5.41, 5.74) is 2.13. The van der Waals surface area contributed by atoms with Crippen molar-refractivity contribution in [2.75, 3.05) is 6.54 Å². The molecule has 1 unspecified atom stereocenters. The number of hydrogen-bond acceptors (Lipinski definition) is 2. The Labute approximate surface area is 116 Å². The predicted molar refractivity (Wildman–Crippen MR) is 78.4 cm³/mol. The topological polar surface area (TPSA) is 29.9 Å². The van der Waals surface area contributed by atoms with Crippen LogP contribution in [0.15, 0.2) is 0 Å². The molecular formula is C14H26ClN3. The maximum atomic E-state index is 6.23. The summed E-state index contributed by atoms with van der Waals surface area (Å²) in [5.74, 6) is 0. The summed E-state index contributed by atoms with van der Waals surface area (Å²) in [6.07, 6.45) is 2.26. The van der Waals surface area contributed by atoms with E-state index in [4.69, 9.17) is 11.6 Å². The molecule has 1 rings (SSSR count). The lowest BCUT2D eigenvalue weighted by Gasteiger charge is -2.26. The van der Waals surface area contributed by atoms with Crippen LogP contribution in [0.3, 0.4) is 0 Å². The van der Waals surface area contributed by atoms with Crippen LogP contribution in [0.2, 0.25) is 5.02 Å². The molecule has 1 aromatic rings. The first-order valence-electron chi connectivity index (χ1n) is 6.72. The third-order valence-corrected chi connectivity index (χ3v) is 3.62. The number of nitrogens with one attached hydrogen (secondary N) is 1. The first-order chi connectivity index (χ1) is 8.26. The van der Waals surface area contributed by atoms with Crippen LogP contribution in [0.1, 0.15) is 58.0 Å². The van der Waals surface area contributed by atoms with Crippen LogP contribution in [0.25, 0.3) is 0 Å². The van der Waals surface area contributed by atoms with Crippen molar-refractivity contribution in [3.8, 4) is 0 Å². The molecular weight excluding hydrogens is 246 g/mol. The molecule has 4 heteroatoms. The van der Waals surface area contributed by atoms with Crippen LogP contribution >= 0.6 is 11.6 Å². The van der Waals surface area contributed by atoms with Crippen LogP contribution in [0.4, 0.5) is 0 Å². The van der Waals surface area contributed by atoms with E-state index >= 15 is 0 Å². The molecule has 0 saturated carbocycles. The molecule has 1 heterocycles. The van der Waals surface area contributed by atoms with Gasteiger partial charge in [0.05, 0.1) is 22.5 Å². The van der Waals surface area contributed by atoms with Crippen molar-refractivity contribution in [3.63, 3.8) is 0 Å². The molecule has 3 nitrogen and oxygen atoms in total. The maximum absolute atomic E-state index is 6.23. The minimum absolute atomic E-state index is 0.131. The zero-order valence-electron chi connectivity index (χ0n) is 12.5. The fraction of sp³-hybridized carbons (Fsp3) is 0.786. The second-order valence-electron chi connectivity index (χ2n) is 6.00. The molecule has 0 spiro atoms. The van der Waals surface area contributed by atoms with Crippen LogP contribution in [-0.4, -0.2) is 21.9 Å². The number of aromatic nitrogens is 2. The normalized spacial score (nSPS) is 13.9. The van der Waals surface area contributed by atoms with Gasteiger partial charge in [0.25, 0.3) is 0 Å². The van der Waals surface area contributed by atoms with Crippen LogP contribution in [-0.2, 0) is 0 Å². The van der Waals surface area contributed by atoms with Crippen LogP contribution in [0.5, 0.6) is 0 Å². The van der Waals surface area contributed by atoms with Gasteiger partial charge in [-0.15, -0.1) is 0 Å². The van der Waals surface area contributed by atoms with E-state index in [0.29, 0.717) is 6.04 Å². The third kappa shape index (κ3) is 3.99. The van der Waals surface area contributed by atoms with Crippen molar-refractivity contribution >= 4 is 11.6 Å². The van der Waals surface area contributed by atoms with Gasteiger partial charge in [-0.1, -0.05) is 24.9 Å². The van der Waals surface area contributed by atoms with E-state index in [9.17, 15) is 0 Å². The Morgan fingerprint density at radius 3 is 2.33 bits per heavy atom. The molecule has 0 aliphatic rings. The molecule has 1 atom stereocenters. The number of aryl methyl sites for hydroxylation is 1. The summed E-state index contributed by atoms with van der Waals surface area (Å²) in [7, 11) is 0. The van der Waals surface area contributed by atoms with Crippen molar-refractivity contribution in [1.29, 1.82) is 0 Å². The molecule has 0 aliphatic carbocycles. The predicted octanol–water partition coefficient (Wildman–Crippen LogP) is 3.88. The van der Waals surface area contributed by atoms with Gasteiger partial charge in [-0.05, 0) is 41.0 Å². The Morgan fingerprint density at radius 1 is 1.33 bits per heavy atom. The maximum Gasteiger partial charge on any atom is 0.0844 e. The summed E-state index contributed by atoms with van der Waals surface area (Å²) in [5, 5.41) is 8.93. The van der Waals surface area contributed by atoms with Crippen molar-refractivity contribution in [1.82, 2.24) is 15.1 Å². The van der Waals surface area contributed by atoms with Crippen molar-refractivity contribution in [3.05, 3.63) is 16.4 Å². The minimum Gasteiger partial charge on any atom is -0.310 e. The van der Waals surface area contributed by atoms with E-state index in [1.807, 2.05) is 13.8 Å². The number of halogens is 1. The minimum atomic E-state index is 0.131. The Balaban J connectivity index is 2.87. The second-order valence-corrected chi connectivity index (χ2v) is 6.38. The fourth-order valence-corrected chi connectivity index (χ4v) is 2.19. The molecule has 104 valence electrons. The summed E-state index contributed by atoms with van der Waals surface area (Å²) in [4.78, 5) is 0. The summed E-state index contributed by atoms with van der Waals surface area (Å²) < 4.78 is 2.08. The quantitative estimate of drug-likeness (QED) is 0.881. The lowest BCUT2D eigenvalue weighted by Crippen LogP contribution is -2.40. The van der Waals surface area contributed by atoms with Crippen LogP contribution in [0, 0.1) is 13.8 Å². The Morgan fingerprint density at radius 2 is 1.94 bits per heavy atom. The SMILES string of the molecule is CCCC(CNC(C)(C)C)n1nc(C)c(Cl)c1C. The van der Waals surface area contributed by atoms with Gasteiger partial charge < -0.3 is 5.32 Å². The standard InChI is InChI=1S/C14H26ClN3/c1-7-8-12(9-16-14(4,5)6)18-11(3)13(15)10(2)17-18/h12,16H,7-9H2,1-6H3. The highest BCUT2D eigenvalue weighted by Crippen LogP contribution is 2.24. The lowest BCUT2D eigenvalue weighted by molar-refractivity contribution is 0.332. The molecule has 1 aromatic heterocycles. The van der Waals surface area contributed by atoms with E-state index in [1.54, 1.807) is 0 Å². The van der Waals surface area contributed by atoms with Gasteiger partial charge in [-0.3, -0.25) is 4.68 Å². The second kappa shape index (κ2) is 6.07. The summed E-state index contributed by atoms with van der Waals surface area (Å²) in [6, 6.07) is 0.375. The summed E-state index contributed by atoms with van der Waals surface area (Å²) >= 11 is 6.23. The molecule has 0 saturated heterocycles. The largest absolute Gasteiger partial charge is 0.310 e. The Hall–Kier alpha value is -0.540. The zero-order valence-corrected chi connectivity index (χ0v) is 13.2. The molecule has 0 bridgehead atoms. The van der Waals surface area contributed by atoms with E-state index in [2.05, 4.69) is 42.8 Å². The molecule has 0 amide bonds. The number of rotatable bonds is 5. The third-order valence-electron chi connectivity index (χ3n) is 3.07. The van der Waals surface area contributed by atoms with Gasteiger partial charge in [0.15, 0.2) is 0 Å². The first-order valence-corrected chi connectivity index (χ1v) is 7.10. The highest BCUT2D eigenvalue weighted by Gasteiger charge is 2.19. The van der Waals surface area contributed by atoms with Gasteiger partial charge in [0.1, 0.15) is 0 Å². The number of hydrogen-bond donors (Lipinski definition) is 1. The highest BCUT2D eigenvalue weighted by molar-refractivity contribution is 6.31. The molecule has 0 aromatic carbocycles. The van der Waals surface area contributed by atoms with E-state index < -0.39 is 0 Å². The molecule has 0 radical (unpaired) electrons. The smallest absolute Gasteiger partial charge is 0.0844 e. The van der Waals surface area contributed by atoms with Gasteiger partial charge in [-0.2, -0.15) is 5.10 Å². The van der Waals surface area contributed by atoms with Gasteiger partial charge >= 0.3 is 0 Å². The van der Waals surface area contributed by atoms with Gasteiger partial charge in [0, 0.05) is 12.1 Å². The summed E-state index contributed by atoms with van der Waals surface area (Å²) in [6.45, 7) is 13.7. The van der Waals surface area contributed by atoms with E-state index in [-0.39, 0.29) is 5.54 Å². The van der Waals surface area contributed by atoms with Crippen molar-refractivity contribution in [2.45, 2.75) is 66.0 Å². The molecule has 18 heavy (non-hydrogen) atoms. The Bertz CT molecular complexity index is 390. The van der Waals surface area contributed by atoms with Crippen molar-refractivity contribution < 1.29 is 0 Å². The average Bonchev–Trinajstić information content (AvgIpc) is 2.51. The van der Waals surface area contributed by atoms with Gasteiger partial charge in [0.2, 0.25) is 0 Å². The fourth-order valence-electron chi connectivity index (χ4n) is 2.07. The Kier molecular flexibility index (Phi) is 5.23. The molecule has 0 aliphatic heterocycles. The molecule has 0 fully saturated rings. The van der Waals surface area contributed by atoms with E-state index in [0.717, 1.165) is 35.8 Å². The molecule has 1 N–H and O–H groups in total. The highest BCUT2D eigenvalue weighted by atomic mass is 35.5. The van der Waals surface area contributed by atoms with Crippen molar-refractivity contribution in [2.24, 2.45) is 0 Å². The zero-order chi connectivity index (χ0) is 13.9. The monoisotopic (exact) mass is 271 g/mol.